The molecular formula is C12H17FO2. The normalized spacial score (nSPS) is 12.9. The first kappa shape index (κ1) is 12.0. The average Bonchev–Trinajstić information content (AvgIpc) is 2.14. The second-order valence-corrected chi connectivity index (χ2v) is 4.06. The lowest BCUT2D eigenvalue weighted by Crippen LogP contribution is -2.05. The lowest BCUT2D eigenvalue weighted by Gasteiger charge is -2.11. The molecule has 2 nitrogen and oxygen atoms in total. The Morgan fingerprint density at radius 3 is 2.47 bits per heavy atom. The second kappa shape index (κ2) is 5.12. The molecule has 1 atom stereocenters. The minimum atomic E-state index is -0.788. The average molecular weight is 212 g/mol. The molecule has 1 aromatic rings. The predicted octanol–water partition coefficient (Wildman–Crippen LogP) is 2.91. The molecule has 1 unspecified atom stereocenters. The van der Waals surface area contributed by atoms with Crippen molar-refractivity contribution in [3.63, 3.8) is 0 Å². The van der Waals surface area contributed by atoms with Crippen LogP contribution >= 0.6 is 0 Å². The molecule has 15 heavy (non-hydrogen) atoms. The molecule has 0 aliphatic heterocycles. The van der Waals surface area contributed by atoms with Crippen molar-refractivity contribution in [2.24, 2.45) is 5.92 Å². The maximum Gasteiger partial charge on any atom is 0.132 e. The number of ether oxygens (including phenoxy) is 1. The fraction of sp³-hybridized carbons (Fsp3) is 0.500. The van der Waals surface area contributed by atoms with Crippen molar-refractivity contribution in [1.82, 2.24) is 0 Å². The van der Waals surface area contributed by atoms with Gasteiger partial charge >= 0.3 is 0 Å². The Morgan fingerprint density at radius 1 is 1.33 bits per heavy atom. The van der Waals surface area contributed by atoms with E-state index >= 15 is 0 Å². The summed E-state index contributed by atoms with van der Waals surface area (Å²) >= 11 is 0. The monoisotopic (exact) mass is 212 g/mol. The van der Waals surface area contributed by atoms with Crippen LogP contribution in [0.25, 0.3) is 0 Å². The molecule has 0 radical (unpaired) electrons. The van der Waals surface area contributed by atoms with Gasteiger partial charge in [0.25, 0.3) is 0 Å². The van der Waals surface area contributed by atoms with Gasteiger partial charge in [-0.05, 0) is 25.0 Å². The van der Waals surface area contributed by atoms with Crippen LogP contribution in [0.4, 0.5) is 4.39 Å². The van der Waals surface area contributed by atoms with Crippen LogP contribution in [0, 0.1) is 11.7 Å². The third-order valence-corrected chi connectivity index (χ3v) is 2.01. The van der Waals surface area contributed by atoms with Gasteiger partial charge in [-0.1, -0.05) is 13.8 Å². The summed E-state index contributed by atoms with van der Waals surface area (Å²) in [4.78, 5) is 0. The van der Waals surface area contributed by atoms with Gasteiger partial charge in [-0.2, -0.15) is 0 Å². The summed E-state index contributed by atoms with van der Waals surface area (Å²) in [6.07, 6.45) is -0.788. The molecule has 0 saturated heterocycles. The molecule has 1 N–H and O–H groups in total. The molecule has 0 aliphatic carbocycles. The van der Waals surface area contributed by atoms with Gasteiger partial charge in [-0.25, -0.2) is 4.39 Å². The molecule has 0 spiro atoms. The second-order valence-electron chi connectivity index (χ2n) is 4.06. The fourth-order valence-electron chi connectivity index (χ4n) is 1.20. The minimum Gasteiger partial charge on any atom is -0.493 e. The standard InChI is InChI=1S/C12H17FO2/c1-8(2)7-15-10-4-5-11(9(3)14)12(13)6-10/h4-6,8-9,14H,7H2,1-3H3. The van der Waals surface area contributed by atoms with E-state index in [1.807, 2.05) is 13.8 Å². The van der Waals surface area contributed by atoms with Crippen LogP contribution in [-0.4, -0.2) is 11.7 Å². The Morgan fingerprint density at radius 2 is 2.00 bits per heavy atom. The van der Waals surface area contributed by atoms with E-state index in [2.05, 4.69) is 0 Å². The molecule has 0 bridgehead atoms. The number of rotatable bonds is 4. The Bertz CT molecular complexity index is 321. The zero-order valence-electron chi connectivity index (χ0n) is 9.33. The molecule has 0 saturated carbocycles. The van der Waals surface area contributed by atoms with Gasteiger partial charge in [0.1, 0.15) is 11.6 Å². The number of halogens is 1. The van der Waals surface area contributed by atoms with Crippen LogP contribution in [0.2, 0.25) is 0 Å². The maximum absolute atomic E-state index is 13.4. The van der Waals surface area contributed by atoms with Gasteiger partial charge in [-0.3, -0.25) is 0 Å². The number of aliphatic hydroxyl groups is 1. The summed E-state index contributed by atoms with van der Waals surface area (Å²) in [7, 11) is 0. The van der Waals surface area contributed by atoms with Crippen molar-refractivity contribution in [3.8, 4) is 5.75 Å². The Labute approximate surface area is 89.7 Å². The summed E-state index contributed by atoms with van der Waals surface area (Å²) in [6, 6.07) is 4.54. The van der Waals surface area contributed by atoms with E-state index in [0.717, 1.165) is 0 Å². The Kier molecular flexibility index (Phi) is 4.09. The molecule has 0 amide bonds. The quantitative estimate of drug-likeness (QED) is 0.831. The van der Waals surface area contributed by atoms with Crippen LogP contribution in [0.3, 0.4) is 0 Å². The smallest absolute Gasteiger partial charge is 0.132 e. The van der Waals surface area contributed by atoms with E-state index in [1.165, 1.54) is 13.0 Å². The molecule has 3 heteroatoms. The molecule has 0 heterocycles. The first-order valence-electron chi connectivity index (χ1n) is 5.11. The van der Waals surface area contributed by atoms with Crippen molar-refractivity contribution in [1.29, 1.82) is 0 Å². The molecule has 0 aliphatic rings. The van der Waals surface area contributed by atoms with Gasteiger partial charge in [-0.15, -0.1) is 0 Å². The van der Waals surface area contributed by atoms with Gasteiger partial charge in [0.05, 0.1) is 12.7 Å². The van der Waals surface area contributed by atoms with Crippen LogP contribution in [-0.2, 0) is 0 Å². The van der Waals surface area contributed by atoms with Crippen LogP contribution in [0.1, 0.15) is 32.4 Å². The van der Waals surface area contributed by atoms with E-state index in [9.17, 15) is 9.50 Å². The van der Waals surface area contributed by atoms with Crippen molar-refractivity contribution >= 4 is 0 Å². The maximum atomic E-state index is 13.4. The van der Waals surface area contributed by atoms with Crippen LogP contribution < -0.4 is 4.74 Å². The lowest BCUT2D eigenvalue weighted by molar-refractivity contribution is 0.193. The van der Waals surface area contributed by atoms with Crippen molar-refractivity contribution < 1.29 is 14.2 Å². The highest BCUT2D eigenvalue weighted by Gasteiger charge is 2.09. The Balaban J connectivity index is 2.73. The van der Waals surface area contributed by atoms with Crippen molar-refractivity contribution in [2.75, 3.05) is 6.61 Å². The zero-order chi connectivity index (χ0) is 11.4. The molecule has 84 valence electrons. The summed E-state index contributed by atoms with van der Waals surface area (Å²) in [6.45, 7) is 6.15. The van der Waals surface area contributed by atoms with Gasteiger partial charge in [0.2, 0.25) is 0 Å². The summed E-state index contributed by atoms with van der Waals surface area (Å²) in [5, 5.41) is 9.23. The third-order valence-electron chi connectivity index (χ3n) is 2.01. The molecule has 1 aromatic carbocycles. The molecular weight excluding hydrogens is 195 g/mol. The van der Waals surface area contributed by atoms with Gasteiger partial charge < -0.3 is 9.84 Å². The van der Waals surface area contributed by atoms with Crippen molar-refractivity contribution in [3.05, 3.63) is 29.6 Å². The predicted molar refractivity (Wildman–Crippen MR) is 57.4 cm³/mol. The highest BCUT2D eigenvalue weighted by Crippen LogP contribution is 2.21. The summed E-state index contributed by atoms with van der Waals surface area (Å²) < 4.78 is 18.7. The van der Waals surface area contributed by atoms with E-state index < -0.39 is 11.9 Å². The highest BCUT2D eigenvalue weighted by atomic mass is 19.1. The van der Waals surface area contributed by atoms with Crippen LogP contribution in [0.15, 0.2) is 18.2 Å². The number of hydrogen-bond acceptors (Lipinski definition) is 2. The fourth-order valence-corrected chi connectivity index (χ4v) is 1.20. The minimum absolute atomic E-state index is 0.298. The van der Waals surface area contributed by atoms with E-state index in [4.69, 9.17) is 4.74 Å². The molecule has 0 fully saturated rings. The third kappa shape index (κ3) is 3.51. The van der Waals surface area contributed by atoms with Gasteiger partial charge in [0, 0.05) is 11.6 Å². The summed E-state index contributed by atoms with van der Waals surface area (Å²) in [5.41, 5.74) is 0.298. The van der Waals surface area contributed by atoms with Gasteiger partial charge in [0.15, 0.2) is 0 Å². The number of hydrogen-bond donors (Lipinski definition) is 1. The summed E-state index contributed by atoms with van der Waals surface area (Å²) in [5.74, 6) is 0.487. The topological polar surface area (TPSA) is 29.5 Å². The van der Waals surface area contributed by atoms with E-state index in [1.54, 1.807) is 12.1 Å². The SMILES string of the molecule is CC(C)COc1ccc(C(C)O)c(F)c1. The first-order valence-corrected chi connectivity index (χ1v) is 5.11. The van der Waals surface area contributed by atoms with Crippen LogP contribution in [0.5, 0.6) is 5.75 Å². The Hall–Kier alpha value is -1.09. The highest BCUT2D eigenvalue weighted by molar-refractivity contribution is 5.29. The zero-order valence-corrected chi connectivity index (χ0v) is 9.33. The largest absolute Gasteiger partial charge is 0.493 e. The number of benzene rings is 1. The van der Waals surface area contributed by atoms with Crippen molar-refractivity contribution in [2.45, 2.75) is 26.9 Å². The lowest BCUT2D eigenvalue weighted by atomic mass is 10.1. The van der Waals surface area contributed by atoms with E-state index in [-0.39, 0.29) is 0 Å². The molecule has 1 rings (SSSR count). The van der Waals surface area contributed by atoms with E-state index in [0.29, 0.717) is 23.8 Å². The first-order chi connectivity index (χ1) is 7.00. The number of aliphatic hydroxyl groups excluding tert-OH is 1. The molecule has 0 aromatic heterocycles.